The van der Waals surface area contributed by atoms with Crippen LogP contribution in [0.2, 0.25) is 0 Å². The van der Waals surface area contributed by atoms with Gasteiger partial charge in [-0.2, -0.15) is 0 Å². The Morgan fingerprint density at radius 2 is 2.14 bits per heavy atom. The minimum Gasteiger partial charge on any atom is -0.466 e. The topological polar surface area (TPSA) is 85.5 Å². The minimum atomic E-state index is -0.542. The van der Waals surface area contributed by atoms with Crippen molar-refractivity contribution in [2.75, 3.05) is 31.3 Å². The number of ketones is 1. The highest BCUT2D eigenvalue weighted by molar-refractivity contribution is 7.21. The Hall–Kier alpha value is -2.15. The van der Waals surface area contributed by atoms with Crippen molar-refractivity contribution < 1.29 is 14.3 Å². The summed E-state index contributed by atoms with van der Waals surface area (Å²) in [6, 6.07) is 1.84. The first-order chi connectivity index (χ1) is 9.95. The van der Waals surface area contributed by atoms with E-state index in [1.54, 1.807) is 13.1 Å². The fourth-order valence-corrected chi connectivity index (χ4v) is 3.05. The van der Waals surface area contributed by atoms with Gasteiger partial charge in [-0.25, -0.2) is 4.98 Å². The Morgan fingerprint density at radius 1 is 1.43 bits per heavy atom. The SMILES string of the molecule is CCOC(=O)CC(=O)c1sc2nccc(N(C)C)c2c1N. The van der Waals surface area contributed by atoms with E-state index in [0.717, 1.165) is 11.1 Å². The number of rotatable bonds is 5. The summed E-state index contributed by atoms with van der Waals surface area (Å²) in [5, 5.41) is 0.750. The van der Waals surface area contributed by atoms with Crippen molar-refractivity contribution in [3.63, 3.8) is 0 Å². The number of ether oxygens (including phenoxy) is 1. The molecule has 2 aromatic heterocycles. The van der Waals surface area contributed by atoms with E-state index < -0.39 is 5.97 Å². The number of thiophene rings is 1. The van der Waals surface area contributed by atoms with Gasteiger partial charge in [-0.1, -0.05) is 0 Å². The van der Waals surface area contributed by atoms with E-state index in [1.165, 1.54) is 11.3 Å². The molecule has 2 aromatic rings. The van der Waals surface area contributed by atoms with E-state index in [2.05, 4.69) is 4.98 Å². The standard InChI is InChI=1S/C14H17N3O3S/c1-4-20-10(19)7-9(18)13-12(15)11-8(17(2)3)5-6-16-14(11)21-13/h5-6H,4,7,15H2,1-3H3. The van der Waals surface area contributed by atoms with Crippen LogP contribution in [0.4, 0.5) is 11.4 Å². The third-order valence-electron chi connectivity index (χ3n) is 2.95. The molecule has 0 atom stereocenters. The molecule has 0 bridgehead atoms. The Balaban J connectivity index is 2.42. The van der Waals surface area contributed by atoms with E-state index in [4.69, 9.17) is 10.5 Å². The summed E-state index contributed by atoms with van der Waals surface area (Å²) in [5.41, 5.74) is 7.37. The van der Waals surface area contributed by atoms with Gasteiger partial charge < -0.3 is 15.4 Å². The van der Waals surface area contributed by atoms with E-state index >= 15 is 0 Å². The average molecular weight is 307 g/mol. The van der Waals surface area contributed by atoms with Gasteiger partial charge in [0.05, 0.1) is 28.2 Å². The van der Waals surface area contributed by atoms with Gasteiger partial charge in [0.25, 0.3) is 0 Å². The number of esters is 1. The number of hydrogen-bond donors (Lipinski definition) is 1. The number of nitrogens with two attached hydrogens (primary N) is 1. The lowest BCUT2D eigenvalue weighted by Crippen LogP contribution is -2.12. The van der Waals surface area contributed by atoms with Crippen LogP contribution in [0.25, 0.3) is 10.2 Å². The van der Waals surface area contributed by atoms with Crippen molar-refractivity contribution >= 4 is 44.7 Å². The van der Waals surface area contributed by atoms with Crippen LogP contribution in [0.3, 0.4) is 0 Å². The van der Waals surface area contributed by atoms with Gasteiger partial charge in [0.2, 0.25) is 0 Å². The molecule has 6 nitrogen and oxygen atoms in total. The van der Waals surface area contributed by atoms with Crippen molar-refractivity contribution in [3.05, 3.63) is 17.1 Å². The molecule has 2 heterocycles. The molecule has 0 amide bonds. The summed E-state index contributed by atoms with van der Waals surface area (Å²) in [4.78, 5) is 30.8. The number of pyridine rings is 1. The van der Waals surface area contributed by atoms with Crippen LogP contribution < -0.4 is 10.6 Å². The van der Waals surface area contributed by atoms with Gasteiger partial charge in [-0.3, -0.25) is 9.59 Å². The van der Waals surface area contributed by atoms with Crippen LogP contribution in [0, 0.1) is 0 Å². The van der Waals surface area contributed by atoms with Gasteiger partial charge in [-0.15, -0.1) is 11.3 Å². The highest BCUT2D eigenvalue weighted by atomic mass is 32.1. The second kappa shape index (κ2) is 6.09. The van der Waals surface area contributed by atoms with Gasteiger partial charge >= 0.3 is 5.97 Å². The van der Waals surface area contributed by atoms with E-state index in [1.807, 2.05) is 25.1 Å². The molecule has 0 aliphatic heterocycles. The first kappa shape index (κ1) is 15.2. The number of fused-ring (bicyclic) bond motifs is 1. The van der Waals surface area contributed by atoms with Gasteiger partial charge in [0.15, 0.2) is 5.78 Å². The molecule has 0 aromatic carbocycles. The fraction of sp³-hybridized carbons (Fsp3) is 0.357. The zero-order chi connectivity index (χ0) is 15.6. The lowest BCUT2D eigenvalue weighted by molar-refractivity contribution is -0.141. The molecule has 112 valence electrons. The number of hydrogen-bond acceptors (Lipinski definition) is 7. The van der Waals surface area contributed by atoms with Gasteiger partial charge in [0.1, 0.15) is 11.3 Å². The zero-order valence-electron chi connectivity index (χ0n) is 12.2. The molecule has 0 saturated carbocycles. The summed E-state index contributed by atoms with van der Waals surface area (Å²) in [6.45, 7) is 1.95. The maximum atomic E-state index is 12.2. The molecule has 2 N–H and O–H groups in total. The number of nitrogen functional groups attached to an aromatic ring is 1. The minimum absolute atomic E-state index is 0.250. The number of Topliss-reactive ketones (excluding diaryl/α,β-unsaturated/α-hetero) is 1. The van der Waals surface area contributed by atoms with Crippen molar-refractivity contribution in [1.82, 2.24) is 4.98 Å². The summed E-state index contributed by atoms with van der Waals surface area (Å²) < 4.78 is 4.79. The lowest BCUT2D eigenvalue weighted by Gasteiger charge is -2.13. The van der Waals surface area contributed by atoms with Crippen molar-refractivity contribution in [3.8, 4) is 0 Å². The highest BCUT2D eigenvalue weighted by Crippen LogP contribution is 2.38. The molecule has 0 aliphatic carbocycles. The number of nitrogens with zero attached hydrogens (tertiary/aromatic N) is 2. The van der Waals surface area contributed by atoms with E-state index in [-0.39, 0.29) is 18.8 Å². The average Bonchev–Trinajstić information content (AvgIpc) is 2.76. The maximum Gasteiger partial charge on any atom is 0.313 e. The number of anilines is 2. The van der Waals surface area contributed by atoms with Crippen LogP contribution in [0.5, 0.6) is 0 Å². The first-order valence-electron chi connectivity index (χ1n) is 6.48. The largest absolute Gasteiger partial charge is 0.466 e. The molecule has 0 unspecified atom stereocenters. The van der Waals surface area contributed by atoms with Crippen LogP contribution in [0.15, 0.2) is 12.3 Å². The van der Waals surface area contributed by atoms with Gasteiger partial charge in [-0.05, 0) is 13.0 Å². The normalized spacial score (nSPS) is 10.6. The Kier molecular flexibility index (Phi) is 4.42. The number of carbonyl (C=O) groups is 2. The zero-order valence-corrected chi connectivity index (χ0v) is 13.0. The number of aromatic nitrogens is 1. The Morgan fingerprint density at radius 3 is 2.76 bits per heavy atom. The van der Waals surface area contributed by atoms with Crippen molar-refractivity contribution in [2.45, 2.75) is 13.3 Å². The van der Waals surface area contributed by atoms with E-state index in [9.17, 15) is 9.59 Å². The predicted octanol–water partition coefficient (Wildman–Crippen LogP) is 2.08. The third kappa shape index (κ3) is 2.97. The number of carbonyl (C=O) groups excluding carboxylic acids is 2. The molecule has 21 heavy (non-hydrogen) atoms. The molecule has 0 saturated heterocycles. The molecule has 7 heteroatoms. The molecule has 0 radical (unpaired) electrons. The summed E-state index contributed by atoms with van der Waals surface area (Å²) in [7, 11) is 3.79. The summed E-state index contributed by atoms with van der Waals surface area (Å²) in [6.07, 6.45) is 1.37. The van der Waals surface area contributed by atoms with Crippen LogP contribution in [-0.4, -0.2) is 37.4 Å². The summed E-state index contributed by atoms with van der Waals surface area (Å²) in [5.74, 6) is -0.876. The van der Waals surface area contributed by atoms with Crippen LogP contribution in [-0.2, 0) is 9.53 Å². The lowest BCUT2D eigenvalue weighted by atomic mass is 10.1. The smallest absolute Gasteiger partial charge is 0.313 e. The van der Waals surface area contributed by atoms with Gasteiger partial charge in [0, 0.05) is 20.3 Å². The van der Waals surface area contributed by atoms with Crippen LogP contribution in [0.1, 0.15) is 23.0 Å². The second-order valence-electron chi connectivity index (χ2n) is 4.65. The fourth-order valence-electron chi connectivity index (χ4n) is 2.03. The summed E-state index contributed by atoms with van der Waals surface area (Å²) >= 11 is 1.20. The van der Waals surface area contributed by atoms with Crippen LogP contribution >= 0.6 is 11.3 Å². The molecule has 0 fully saturated rings. The van der Waals surface area contributed by atoms with Crippen molar-refractivity contribution in [1.29, 1.82) is 0 Å². The molecule has 2 rings (SSSR count). The Bertz CT molecular complexity index is 694. The second-order valence-corrected chi connectivity index (χ2v) is 5.65. The molecule has 0 aliphatic rings. The van der Waals surface area contributed by atoms with E-state index in [0.29, 0.717) is 15.4 Å². The quantitative estimate of drug-likeness (QED) is 0.517. The molecule has 0 spiro atoms. The first-order valence-corrected chi connectivity index (χ1v) is 7.30. The predicted molar refractivity (Wildman–Crippen MR) is 83.9 cm³/mol. The highest BCUT2D eigenvalue weighted by Gasteiger charge is 2.22. The molecular weight excluding hydrogens is 290 g/mol. The molecular formula is C14H17N3O3S. The third-order valence-corrected chi connectivity index (χ3v) is 4.11. The maximum absolute atomic E-state index is 12.2. The monoisotopic (exact) mass is 307 g/mol. The Labute approximate surface area is 126 Å². The van der Waals surface area contributed by atoms with Crippen molar-refractivity contribution in [2.24, 2.45) is 0 Å².